The summed E-state index contributed by atoms with van der Waals surface area (Å²) in [4.78, 5) is 18.7. The van der Waals surface area contributed by atoms with Gasteiger partial charge in [-0.05, 0) is 18.9 Å². The van der Waals surface area contributed by atoms with Crippen LogP contribution in [-0.4, -0.2) is 21.0 Å². The molecule has 0 fully saturated rings. The van der Waals surface area contributed by atoms with Crippen LogP contribution in [0.2, 0.25) is 0 Å². The maximum Gasteiger partial charge on any atom is 0.303 e. The third kappa shape index (κ3) is 9.17. The number of rotatable bonds is 11. The molecule has 0 spiro atoms. The van der Waals surface area contributed by atoms with Crippen LogP contribution in [0.3, 0.4) is 0 Å². The van der Waals surface area contributed by atoms with Gasteiger partial charge in [0.1, 0.15) is 5.82 Å². The van der Waals surface area contributed by atoms with Crippen LogP contribution in [-0.2, 0) is 11.2 Å². The number of aromatic nitrogens is 2. The summed E-state index contributed by atoms with van der Waals surface area (Å²) in [5.41, 5.74) is 0. The highest BCUT2D eigenvalue weighted by molar-refractivity contribution is 5.66. The number of aliphatic carboxylic acids is 1. The molecule has 1 heterocycles. The Bertz CT molecular complexity index is 341. The van der Waals surface area contributed by atoms with Gasteiger partial charge in [-0.15, -0.1) is 0 Å². The molecule has 19 heavy (non-hydrogen) atoms. The van der Waals surface area contributed by atoms with Crippen molar-refractivity contribution in [2.24, 2.45) is 0 Å². The highest BCUT2D eigenvalue weighted by atomic mass is 16.4. The van der Waals surface area contributed by atoms with Crippen molar-refractivity contribution < 1.29 is 9.90 Å². The summed E-state index contributed by atoms with van der Waals surface area (Å²) in [6.07, 6.45) is 14.0. The number of unbranched alkanes of at least 4 members (excludes halogenated alkanes) is 7. The molecule has 4 nitrogen and oxygen atoms in total. The van der Waals surface area contributed by atoms with Crippen molar-refractivity contribution >= 4 is 5.97 Å². The van der Waals surface area contributed by atoms with Gasteiger partial charge >= 0.3 is 5.97 Å². The van der Waals surface area contributed by atoms with Crippen molar-refractivity contribution in [1.29, 1.82) is 0 Å². The van der Waals surface area contributed by atoms with Gasteiger partial charge < -0.3 is 5.11 Å². The number of carboxylic acid groups (broad SMARTS) is 1. The highest BCUT2D eigenvalue weighted by Crippen LogP contribution is 2.10. The highest BCUT2D eigenvalue weighted by Gasteiger charge is 1.97. The van der Waals surface area contributed by atoms with Crippen molar-refractivity contribution in [3.05, 3.63) is 24.3 Å². The Labute approximate surface area is 115 Å². The first-order valence-electron chi connectivity index (χ1n) is 7.27. The molecule has 0 aromatic carbocycles. The normalized spacial score (nSPS) is 10.5. The smallest absolute Gasteiger partial charge is 0.303 e. The lowest BCUT2D eigenvalue weighted by molar-refractivity contribution is -0.137. The SMILES string of the molecule is O=C(O)CCCCCCCCCCc1ncccn1. The van der Waals surface area contributed by atoms with E-state index < -0.39 is 5.97 Å². The molecule has 0 aliphatic heterocycles. The van der Waals surface area contributed by atoms with E-state index in [1.54, 1.807) is 12.4 Å². The van der Waals surface area contributed by atoms with Gasteiger partial charge in [0.05, 0.1) is 0 Å². The van der Waals surface area contributed by atoms with Crippen molar-refractivity contribution in [2.45, 2.75) is 64.2 Å². The minimum atomic E-state index is -0.678. The second-order valence-electron chi connectivity index (χ2n) is 4.89. The Morgan fingerprint density at radius 3 is 2.00 bits per heavy atom. The molecule has 0 unspecified atom stereocenters. The summed E-state index contributed by atoms with van der Waals surface area (Å²) < 4.78 is 0. The van der Waals surface area contributed by atoms with Crippen LogP contribution < -0.4 is 0 Å². The minimum absolute atomic E-state index is 0.317. The molecule has 1 aromatic heterocycles. The second kappa shape index (κ2) is 10.5. The van der Waals surface area contributed by atoms with E-state index in [4.69, 9.17) is 5.11 Å². The molecule has 0 atom stereocenters. The molecule has 0 amide bonds. The Morgan fingerprint density at radius 1 is 0.895 bits per heavy atom. The molecule has 1 N–H and O–H groups in total. The first-order chi connectivity index (χ1) is 9.29. The lowest BCUT2D eigenvalue weighted by atomic mass is 10.1. The number of aryl methyl sites for hydroxylation is 1. The number of hydrogen-bond donors (Lipinski definition) is 1. The number of nitrogens with zero attached hydrogens (tertiary/aromatic N) is 2. The van der Waals surface area contributed by atoms with Crippen LogP contribution in [0.15, 0.2) is 18.5 Å². The zero-order valence-electron chi connectivity index (χ0n) is 11.6. The fourth-order valence-electron chi connectivity index (χ4n) is 2.08. The van der Waals surface area contributed by atoms with Gasteiger partial charge in [0.2, 0.25) is 0 Å². The topological polar surface area (TPSA) is 63.1 Å². The van der Waals surface area contributed by atoms with E-state index in [1.165, 1.54) is 25.7 Å². The summed E-state index contributed by atoms with van der Waals surface area (Å²) in [6, 6.07) is 1.84. The summed E-state index contributed by atoms with van der Waals surface area (Å²) in [5, 5.41) is 8.50. The van der Waals surface area contributed by atoms with Crippen LogP contribution in [0, 0.1) is 0 Å². The Morgan fingerprint density at radius 2 is 1.42 bits per heavy atom. The fourth-order valence-corrected chi connectivity index (χ4v) is 2.08. The standard InChI is InChI=1S/C15H24N2O2/c18-15(19)11-8-6-4-2-1-3-5-7-10-14-16-12-9-13-17-14/h9,12-13H,1-8,10-11H2,(H,18,19). The van der Waals surface area contributed by atoms with Gasteiger partial charge in [0.25, 0.3) is 0 Å². The Balaban J connectivity index is 1.83. The van der Waals surface area contributed by atoms with Crippen molar-refractivity contribution in [3.8, 4) is 0 Å². The number of carboxylic acids is 1. The third-order valence-electron chi connectivity index (χ3n) is 3.16. The minimum Gasteiger partial charge on any atom is -0.481 e. The van der Waals surface area contributed by atoms with Gasteiger partial charge in [0, 0.05) is 25.2 Å². The zero-order valence-corrected chi connectivity index (χ0v) is 11.6. The van der Waals surface area contributed by atoms with Crippen molar-refractivity contribution in [1.82, 2.24) is 9.97 Å². The Hall–Kier alpha value is -1.45. The van der Waals surface area contributed by atoms with Gasteiger partial charge in [-0.3, -0.25) is 4.79 Å². The number of carbonyl (C=O) groups is 1. The molecule has 0 aliphatic rings. The second-order valence-corrected chi connectivity index (χ2v) is 4.89. The predicted molar refractivity (Wildman–Crippen MR) is 74.9 cm³/mol. The molecule has 0 saturated heterocycles. The van der Waals surface area contributed by atoms with Crippen LogP contribution in [0.5, 0.6) is 0 Å². The molecule has 106 valence electrons. The van der Waals surface area contributed by atoms with E-state index in [0.717, 1.165) is 37.9 Å². The summed E-state index contributed by atoms with van der Waals surface area (Å²) in [6.45, 7) is 0. The summed E-state index contributed by atoms with van der Waals surface area (Å²) >= 11 is 0. The molecular weight excluding hydrogens is 240 g/mol. The largest absolute Gasteiger partial charge is 0.481 e. The first-order valence-corrected chi connectivity index (χ1v) is 7.27. The summed E-state index contributed by atoms with van der Waals surface area (Å²) in [7, 11) is 0. The molecule has 0 radical (unpaired) electrons. The van der Waals surface area contributed by atoms with E-state index in [9.17, 15) is 4.79 Å². The van der Waals surface area contributed by atoms with Gasteiger partial charge in [-0.2, -0.15) is 0 Å². The van der Waals surface area contributed by atoms with E-state index in [1.807, 2.05) is 6.07 Å². The zero-order chi connectivity index (χ0) is 13.8. The van der Waals surface area contributed by atoms with E-state index in [-0.39, 0.29) is 0 Å². The maximum absolute atomic E-state index is 10.3. The molecule has 1 rings (SSSR count). The van der Waals surface area contributed by atoms with Gasteiger partial charge in [-0.1, -0.05) is 38.5 Å². The average Bonchev–Trinajstić information content (AvgIpc) is 2.42. The van der Waals surface area contributed by atoms with E-state index in [0.29, 0.717) is 6.42 Å². The molecular formula is C15H24N2O2. The predicted octanol–water partition coefficient (Wildman–Crippen LogP) is 3.61. The van der Waals surface area contributed by atoms with E-state index >= 15 is 0 Å². The molecule has 0 saturated carbocycles. The molecule has 1 aromatic rings. The lowest BCUT2D eigenvalue weighted by Gasteiger charge is -2.01. The van der Waals surface area contributed by atoms with Crippen LogP contribution in [0.4, 0.5) is 0 Å². The first kappa shape index (κ1) is 15.6. The van der Waals surface area contributed by atoms with Crippen LogP contribution in [0.25, 0.3) is 0 Å². The van der Waals surface area contributed by atoms with Gasteiger partial charge in [-0.25, -0.2) is 9.97 Å². The number of hydrogen-bond acceptors (Lipinski definition) is 3. The van der Waals surface area contributed by atoms with Crippen LogP contribution in [0.1, 0.15) is 63.6 Å². The van der Waals surface area contributed by atoms with Gasteiger partial charge in [0.15, 0.2) is 0 Å². The van der Waals surface area contributed by atoms with Crippen LogP contribution >= 0.6 is 0 Å². The van der Waals surface area contributed by atoms with Crippen molar-refractivity contribution in [2.75, 3.05) is 0 Å². The monoisotopic (exact) mass is 264 g/mol. The third-order valence-corrected chi connectivity index (χ3v) is 3.16. The maximum atomic E-state index is 10.3. The molecule has 0 aliphatic carbocycles. The van der Waals surface area contributed by atoms with E-state index in [2.05, 4.69) is 9.97 Å². The summed E-state index contributed by atoms with van der Waals surface area (Å²) in [5.74, 6) is 0.263. The Kier molecular flexibility index (Phi) is 8.60. The average molecular weight is 264 g/mol. The molecule has 0 bridgehead atoms. The quantitative estimate of drug-likeness (QED) is 0.620. The fraction of sp³-hybridized carbons (Fsp3) is 0.667. The lowest BCUT2D eigenvalue weighted by Crippen LogP contribution is -1.94. The van der Waals surface area contributed by atoms with Crippen molar-refractivity contribution in [3.63, 3.8) is 0 Å². The molecule has 4 heteroatoms.